The molecule has 3 heterocycles. The van der Waals surface area contributed by atoms with Crippen molar-refractivity contribution in [1.82, 2.24) is 14.7 Å². The van der Waals surface area contributed by atoms with Gasteiger partial charge < -0.3 is 4.90 Å². The Kier molecular flexibility index (Phi) is 5.44. The Morgan fingerprint density at radius 3 is 2.70 bits per heavy atom. The lowest BCUT2D eigenvalue weighted by atomic mass is 10.1. The number of hydrogen-bond donors (Lipinski definition) is 0. The van der Waals surface area contributed by atoms with Gasteiger partial charge in [0.15, 0.2) is 5.17 Å². The van der Waals surface area contributed by atoms with Crippen LogP contribution >= 0.6 is 23.4 Å². The van der Waals surface area contributed by atoms with E-state index in [2.05, 4.69) is 10.1 Å². The van der Waals surface area contributed by atoms with Crippen LogP contribution in [0.3, 0.4) is 0 Å². The molecule has 0 unspecified atom stereocenters. The second-order valence-corrected chi connectivity index (χ2v) is 9.18. The van der Waals surface area contributed by atoms with Crippen molar-refractivity contribution in [3.05, 3.63) is 69.2 Å². The zero-order valence-electron chi connectivity index (χ0n) is 16.8. The third-order valence-electron chi connectivity index (χ3n) is 5.38. The summed E-state index contributed by atoms with van der Waals surface area (Å²) in [4.78, 5) is 18.3. The van der Waals surface area contributed by atoms with Crippen LogP contribution in [0.4, 0.5) is 17.6 Å². The molecule has 2 aliphatic heterocycles. The Morgan fingerprint density at radius 2 is 1.97 bits per heavy atom. The van der Waals surface area contributed by atoms with Crippen LogP contribution in [0.15, 0.2) is 52.5 Å². The fourth-order valence-corrected chi connectivity index (χ4v) is 4.80. The highest BCUT2D eigenvalue weighted by atomic mass is 35.5. The van der Waals surface area contributed by atoms with Crippen LogP contribution in [0.2, 0.25) is 5.02 Å². The van der Waals surface area contributed by atoms with E-state index in [1.165, 1.54) is 28.6 Å². The molecular weight excluding hydrogens is 480 g/mol. The molecule has 33 heavy (non-hydrogen) atoms. The minimum atomic E-state index is -4.53. The third kappa shape index (κ3) is 4.37. The standard InChI is InChI=1S/C22H15ClF4N4OS/c23-15-3-2-13(17(7-15)22(25,26)27)9-31-18-4-1-12(5-14(18)8-28-31)6-19-20(32)29-21(33-19)30-10-16(24)11-30/h1-8,16H,9-11H2/b19-6-. The lowest BCUT2D eigenvalue weighted by molar-refractivity contribution is -0.138. The Hall–Kier alpha value is -2.85. The van der Waals surface area contributed by atoms with Crippen LogP contribution in [-0.2, 0) is 17.5 Å². The van der Waals surface area contributed by atoms with E-state index in [1.54, 1.807) is 35.4 Å². The first-order valence-corrected chi connectivity index (χ1v) is 11.1. The fraction of sp³-hybridized carbons (Fsp3) is 0.227. The number of alkyl halides is 4. The first kappa shape index (κ1) is 22.0. The Balaban J connectivity index is 1.38. The van der Waals surface area contributed by atoms with Gasteiger partial charge in [-0.3, -0.25) is 9.48 Å². The summed E-state index contributed by atoms with van der Waals surface area (Å²) in [6.07, 6.45) is -2.17. The summed E-state index contributed by atoms with van der Waals surface area (Å²) in [5, 5.41) is 5.47. The lowest BCUT2D eigenvalue weighted by Gasteiger charge is -2.35. The van der Waals surface area contributed by atoms with Crippen molar-refractivity contribution < 1.29 is 22.4 Å². The molecule has 0 spiro atoms. The Bertz CT molecular complexity index is 1330. The van der Waals surface area contributed by atoms with Gasteiger partial charge in [-0.1, -0.05) is 23.7 Å². The number of hydrogen-bond acceptors (Lipinski definition) is 4. The molecule has 1 fully saturated rings. The number of carbonyl (C=O) groups excluding carboxylic acids is 1. The summed E-state index contributed by atoms with van der Waals surface area (Å²) in [5.41, 5.74) is 0.636. The highest BCUT2D eigenvalue weighted by Crippen LogP contribution is 2.35. The molecule has 0 radical (unpaired) electrons. The zero-order chi connectivity index (χ0) is 23.3. The number of likely N-dealkylation sites (tertiary alicyclic amines) is 1. The van der Waals surface area contributed by atoms with Crippen LogP contribution < -0.4 is 0 Å². The molecule has 0 bridgehead atoms. The van der Waals surface area contributed by atoms with Gasteiger partial charge in [-0.2, -0.15) is 23.3 Å². The summed E-state index contributed by atoms with van der Waals surface area (Å²) < 4.78 is 54.8. The Morgan fingerprint density at radius 1 is 1.18 bits per heavy atom. The molecule has 5 nitrogen and oxygen atoms in total. The van der Waals surface area contributed by atoms with Crippen molar-refractivity contribution >= 4 is 51.4 Å². The average Bonchev–Trinajstić information content (AvgIpc) is 3.29. The van der Waals surface area contributed by atoms with Crippen LogP contribution in [0.25, 0.3) is 17.0 Å². The normalized spacial score (nSPS) is 18.3. The molecule has 0 atom stereocenters. The fourth-order valence-electron chi connectivity index (χ4n) is 3.70. The summed E-state index contributed by atoms with van der Waals surface area (Å²) in [6.45, 7) is 0.398. The maximum Gasteiger partial charge on any atom is 0.416 e. The van der Waals surface area contributed by atoms with E-state index in [0.717, 1.165) is 11.6 Å². The number of thioether (sulfide) groups is 1. The first-order valence-electron chi connectivity index (χ1n) is 9.90. The molecular formula is C22H15ClF4N4OS. The number of amides is 1. The molecule has 5 rings (SSSR count). The number of rotatable bonds is 3. The number of carbonyl (C=O) groups is 1. The van der Waals surface area contributed by atoms with Crippen molar-refractivity contribution in [3.63, 3.8) is 0 Å². The molecule has 170 valence electrons. The molecule has 11 heteroatoms. The Labute approximate surface area is 194 Å². The highest BCUT2D eigenvalue weighted by Gasteiger charge is 2.35. The topological polar surface area (TPSA) is 50.5 Å². The van der Waals surface area contributed by atoms with Crippen molar-refractivity contribution in [1.29, 1.82) is 0 Å². The van der Waals surface area contributed by atoms with Crippen molar-refractivity contribution in [2.24, 2.45) is 4.99 Å². The molecule has 1 aromatic heterocycles. The number of aromatic nitrogens is 2. The number of fused-ring (bicyclic) bond motifs is 1. The SMILES string of the molecule is O=C1N=C(N2CC(F)C2)S/C1=C\c1ccc2c(cnn2Cc2ccc(Cl)cc2C(F)(F)F)c1. The van der Waals surface area contributed by atoms with Crippen LogP contribution in [0.1, 0.15) is 16.7 Å². The molecule has 3 aromatic rings. The highest BCUT2D eigenvalue weighted by molar-refractivity contribution is 8.18. The molecule has 1 amide bonds. The van der Waals surface area contributed by atoms with Gasteiger partial charge >= 0.3 is 6.18 Å². The van der Waals surface area contributed by atoms with Crippen molar-refractivity contribution in [2.45, 2.75) is 18.9 Å². The summed E-state index contributed by atoms with van der Waals surface area (Å²) >= 11 is 6.96. The zero-order valence-corrected chi connectivity index (χ0v) is 18.4. The van der Waals surface area contributed by atoms with Gasteiger partial charge in [0.2, 0.25) is 0 Å². The number of benzene rings is 2. The quantitative estimate of drug-likeness (QED) is 0.362. The van der Waals surface area contributed by atoms with Gasteiger partial charge in [0.1, 0.15) is 6.17 Å². The van der Waals surface area contributed by atoms with Crippen LogP contribution in [0.5, 0.6) is 0 Å². The average molecular weight is 495 g/mol. The molecule has 0 aliphatic carbocycles. The molecule has 1 saturated heterocycles. The summed E-state index contributed by atoms with van der Waals surface area (Å²) in [6, 6.07) is 8.97. The number of nitrogens with zero attached hydrogens (tertiary/aromatic N) is 4. The van der Waals surface area contributed by atoms with Gasteiger partial charge in [-0.25, -0.2) is 4.39 Å². The largest absolute Gasteiger partial charge is 0.416 e. The van der Waals surface area contributed by atoms with Gasteiger partial charge in [0, 0.05) is 10.4 Å². The maximum atomic E-state index is 13.4. The van der Waals surface area contributed by atoms with Gasteiger partial charge in [0.05, 0.1) is 41.8 Å². The lowest BCUT2D eigenvalue weighted by Crippen LogP contribution is -2.50. The van der Waals surface area contributed by atoms with E-state index in [-0.39, 0.29) is 36.1 Å². The van der Waals surface area contributed by atoms with E-state index in [9.17, 15) is 22.4 Å². The van der Waals surface area contributed by atoms with E-state index < -0.39 is 17.9 Å². The van der Waals surface area contributed by atoms with Crippen LogP contribution in [-0.4, -0.2) is 45.0 Å². The van der Waals surface area contributed by atoms with Gasteiger partial charge in [-0.15, -0.1) is 0 Å². The molecule has 0 N–H and O–H groups in total. The molecule has 0 saturated carbocycles. The minimum Gasteiger partial charge on any atom is -0.345 e. The number of aliphatic imine (C=N–C) groups is 1. The third-order valence-corrected chi connectivity index (χ3v) is 6.66. The van der Waals surface area contributed by atoms with Crippen LogP contribution in [0, 0.1) is 0 Å². The first-order chi connectivity index (χ1) is 15.7. The van der Waals surface area contributed by atoms with Crippen molar-refractivity contribution in [3.8, 4) is 0 Å². The summed E-state index contributed by atoms with van der Waals surface area (Å²) in [7, 11) is 0. The predicted molar refractivity (Wildman–Crippen MR) is 120 cm³/mol. The molecule has 2 aromatic carbocycles. The maximum absolute atomic E-state index is 13.4. The number of amidine groups is 1. The second-order valence-electron chi connectivity index (χ2n) is 7.73. The molecule has 2 aliphatic rings. The van der Waals surface area contributed by atoms with E-state index >= 15 is 0 Å². The van der Waals surface area contributed by atoms with Gasteiger partial charge in [-0.05, 0) is 53.2 Å². The predicted octanol–water partition coefficient (Wildman–Crippen LogP) is 5.38. The van der Waals surface area contributed by atoms with E-state index in [1.807, 2.05) is 0 Å². The second kappa shape index (κ2) is 8.18. The summed E-state index contributed by atoms with van der Waals surface area (Å²) in [5.74, 6) is -0.379. The van der Waals surface area contributed by atoms with E-state index in [4.69, 9.17) is 11.6 Å². The minimum absolute atomic E-state index is 0.0131. The van der Waals surface area contributed by atoms with Gasteiger partial charge in [0.25, 0.3) is 5.91 Å². The van der Waals surface area contributed by atoms with E-state index in [0.29, 0.717) is 21.0 Å². The smallest absolute Gasteiger partial charge is 0.345 e. The van der Waals surface area contributed by atoms with Crippen molar-refractivity contribution in [2.75, 3.05) is 13.1 Å². The number of halogens is 5. The monoisotopic (exact) mass is 494 g/mol.